The number of phenols is 1. The second-order valence-corrected chi connectivity index (χ2v) is 10.9. The Morgan fingerprint density at radius 1 is 1.08 bits per heavy atom. The van der Waals surface area contributed by atoms with Crippen LogP contribution in [0.25, 0.3) is 0 Å². The van der Waals surface area contributed by atoms with Gasteiger partial charge in [0.05, 0.1) is 13.3 Å². The van der Waals surface area contributed by atoms with E-state index in [1.54, 1.807) is 24.3 Å². The van der Waals surface area contributed by atoms with E-state index in [9.17, 15) is 9.50 Å². The van der Waals surface area contributed by atoms with Crippen molar-refractivity contribution in [1.82, 2.24) is 4.90 Å². The minimum Gasteiger partial charge on any atom is -0.508 e. The zero-order valence-corrected chi connectivity index (χ0v) is 23.2. The Hall–Kier alpha value is -2.83. The summed E-state index contributed by atoms with van der Waals surface area (Å²) in [5, 5.41) is 10.3. The van der Waals surface area contributed by atoms with Crippen molar-refractivity contribution in [3.63, 3.8) is 0 Å². The third-order valence-corrected chi connectivity index (χ3v) is 8.44. The zero-order chi connectivity index (χ0) is 27.4. The van der Waals surface area contributed by atoms with E-state index in [0.29, 0.717) is 30.8 Å². The summed E-state index contributed by atoms with van der Waals surface area (Å²) in [5.41, 5.74) is 2.63. The van der Waals surface area contributed by atoms with E-state index in [0.717, 1.165) is 67.8 Å². The van der Waals surface area contributed by atoms with Gasteiger partial charge >= 0.3 is 0 Å². The summed E-state index contributed by atoms with van der Waals surface area (Å²) in [6, 6.07) is 16.9. The summed E-state index contributed by atoms with van der Waals surface area (Å²) in [5.74, 6) is 0.811. The van der Waals surface area contributed by atoms with Crippen molar-refractivity contribution in [2.45, 2.75) is 57.0 Å². The van der Waals surface area contributed by atoms with E-state index < -0.39 is 11.2 Å². The fourth-order valence-corrected chi connectivity index (χ4v) is 6.52. The fourth-order valence-electron chi connectivity index (χ4n) is 6.30. The second-order valence-electron chi connectivity index (χ2n) is 10.5. The van der Waals surface area contributed by atoms with Crippen molar-refractivity contribution in [1.29, 1.82) is 0 Å². The standard InChI is InChI=1S/C32H36ClF2NO3/c1-2-38-29-14-13-28(31(35)30(29)33)32(16-4-3-6-22-20-24(37)9-12-27(22)32)23-7-10-25(11-8-23)39-26-15-19-36(21-26)18-5-17-34/h7-14,20,26,37H,2-6,15-19,21H2,1H3/t26-,32?/m0/s1. The van der Waals surface area contributed by atoms with Crippen molar-refractivity contribution >= 4 is 11.6 Å². The summed E-state index contributed by atoms with van der Waals surface area (Å²) in [7, 11) is 0. The van der Waals surface area contributed by atoms with Gasteiger partial charge in [0.2, 0.25) is 0 Å². The summed E-state index contributed by atoms with van der Waals surface area (Å²) in [4.78, 5) is 2.24. The lowest BCUT2D eigenvalue weighted by molar-refractivity contribution is 0.198. The smallest absolute Gasteiger partial charge is 0.150 e. The van der Waals surface area contributed by atoms with Gasteiger partial charge in [0.1, 0.15) is 34.2 Å². The van der Waals surface area contributed by atoms with E-state index in [2.05, 4.69) is 4.90 Å². The molecule has 39 heavy (non-hydrogen) atoms. The molecule has 1 heterocycles. The van der Waals surface area contributed by atoms with Gasteiger partial charge in [-0.15, -0.1) is 0 Å². The first-order chi connectivity index (χ1) is 19.0. The molecule has 1 aliphatic carbocycles. The molecular weight excluding hydrogens is 520 g/mol. The third-order valence-electron chi connectivity index (χ3n) is 8.09. The molecule has 3 aromatic rings. The molecule has 0 aromatic heterocycles. The first-order valence-electron chi connectivity index (χ1n) is 14.0. The largest absolute Gasteiger partial charge is 0.508 e. The molecule has 2 atom stereocenters. The molecule has 2 aliphatic rings. The third kappa shape index (κ3) is 5.59. The van der Waals surface area contributed by atoms with Crippen LogP contribution in [0.4, 0.5) is 8.78 Å². The molecule has 1 N–H and O–H groups in total. The maximum absolute atomic E-state index is 16.2. The molecule has 3 aromatic carbocycles. The number of ether oxygens (including phenoxy) is 2. The van der Waals surface area contributed by atoms with Gasteiger partial charge in [0, 0.05) is 30.6 Å². The van der Waals surface area contributed by atoms with E-state index in [1.165, 1.54) is 0 Å². The first kappa shape index (κ1) is 27.7. The predicted octanol–water partition coefficient (Wildman–Crippen LogP) is 7.46. The second kappa shape index (κ2) is 12.1. The number of aryl methyl sites for hydroxylation is 1. The van der Waals surface area contributed by atoms with Gasteiger partial charge in [0.15, 0.2) is 0 Å². The van der Waals surface area contributed by atoms with Crippen molar-refractivity contribution in [2.24, 2.45) is 0 Å². The molecule has 0 saturated carbocycles. The summed E-state index contributed by atoms with van der Waals surface area (Å²) >= 11 is 6.52. The van der Waals surface area contributed by atoms with Gasteiger partial charge in [0.25, 0.3) is 0 Å². The molecule has 0 bridgehead atoms. The molecular formula is C32H36ClF2NO3. The number of alkyl halides is 1. The van der Waals surface area contributed by atoms with Crippen LogP contribution in [0, 0.1) is 5.82 Å². The maximum atomic E-state index is 16.2. The Balaban J connectivity index is 1.54. The van der Waals surface area contributed by atoms with Crippen LogP contribution in [-0.4, -0.2) is 49.0 Å². The lowest BCUT2D eigenvalue weighted by Crippen LogP contribution is -2.31. The Kier molecular flexibility index (Phi) is 8.63. The number of nitrogens with zero attached hydrogens (tertiary/aromatic N) is 1. The number of hydrogen-bond acceptors (Lipinski definition) is 4. The van der Waals surface area contributed by atoms with Crippen LogP contribution in [-0.2, 0) is 11.8 Å². The van der Waals surface area contributed by atoms with Gasteiger partial charge in [-0.05, 0) is 86.1 Å². The number of rotatable bonds is 9. The molecule has 1 saturated heterocycles. The molecule has 7 heteroatoms. The highest BCUT2D eigenvalue weighted by Gasteiger charge is 2.42. The Morgan fingerprint density at radius 3 is 2.64 bits per heavy atom. The molecule has 0 spiro atoms. The van der Waals surface area contributed by atoms with E-state index in [1.807, 2.05) is 37.3 Å². The molecule has 0 amide bonds. The number of hydrogen-bond donors (Lipinski definition) is 1. The van der Waals surface area contributed by atoms with Gasteiger partial charge in [-0.2, -0.15) is 0 Å². The average Bonchev–Trinajstić information content (AvgIpc) is 3.30. The van der Waals surface area contributed by atoms with Crippen molar-refractivity contribution in [2.75, 3.05) is 32.9 Å². The van der Waals surface area contributed by atoms with Crippen LogP contribution in [0.15, 0.2) is 54.6 Å². The summed E-state index contributed by atoms with van der Waals surface area (Å²) in [6.07, 6.45) is 4.84. The van der Waals surface area contributed by atoms with Crippen LogP contribution >= 0.6 is 11.6 Å². The molecule has 0 radical (unpaired) electrons. The number of likely N-dealkylation sites (tertiary alicyclic amines) is 1. The number of halogens is 3. The summed E-state index contributed by atoms with van der Waals surface area (Å²) in [6.45, 7) is 4.39. The zero-order valence-electron chi connectivity index (χ0n) is 22.4. The molecule has 1 fully saturated rings. The minimum atomic E-state index is -0.799. The molecule has 5 rings (SSSR count). The van der Waals surface area contributed by atoms with Crippen molar-refractivity contribution in [3.05, 3.63) is 87.7 Å². The summed E-state index contributed by atoms with van der Waals surface area (Å²) < 4.78 is 40.6. The SMILES string of the molecule is CCOc1ccc(C2(c3ccc(O[C@H]4CCN(CCCF)C4)cc3)CCCCc3cc(O)ccc32)c(F)c1Cl. The van der Waals surface area contributed by atoms with Crippen LogP contribution in [0.1, 0.15) is 61.3 Å². The predicted molar refractivity (Wildman–Crippen MR) is 151 cm³/mol. The van der Waals surface area contributed by atoms with Gasteiger partial charge in [-0.1, -0.05) is 42.3 Å². The van der Waals surface area contributed by atoms with E-state index in [4.69, 9.17) is 21.1 Å². The van der Waals surface area contributed by atoms with Gasteiger partial charge in [-0.3, -0.25) is 9.29 Å². The van der Waals surface area contributed by atoms with Crippen LogP contribution < -0.4 is 9.47 Å². The maximum Gasteiger partial charge on any atom is 0.150 e. The van der Waals surface area contributed by atoms with Crippen molar-refractivity contribution in [3.8, 4) is 17.2 Å². The molecule has 4 nitrogen and oxygen atoms in total. The quantitative estimate of drug-likeness (QED) is 0.278. The monoisotopic (exact) mass is 555 g/mol. The fraction of sp³-hybridized carbons (Fsp3) is 0.438. The topological polar surface area (TPSA) is 41.9 Å². The normalized spacial score (nSPS) is 21.4. The highest BCUT2D eigenvalue weighted by atomic mass is 35.5. The number of aromatic hydroxyl groups is 1. The Labute approximate surface area is 234 Å². The lowest BCUT2D eigenvalue weighted by atomic mass is 9.66. The van der Waals surface area contributed by atoms with Crippen LogP contribution in [0.5, 0.6) is 17.2 Å². The number of benzene rings is 3. The molecule has 208 valence electrons. The van der Waals surface area contributed by atoms with Crippen LogP contribution in [0.2, 0.25) is 5.02 Å². The lowest BCUT2D eigenvalue weighted by Gasteiger charge is -2.37. The van der Waals surface area contributed by atoms with Gasteiger partial charge < -0.3 is 14.6 Å². The first-order valence-corrected chi connectivity index (χ1v) is 14.3. The Morgan fingerprint density at radius 2 is 1.87 bits per heavy atom. The number of fused-ring (bicyclic) bond motifs is 1. The van der Waals surface area contributed by atoms with Gasteiger partial charge in [-0.25, -0.2) is 4.39 Å². The van der Waals surface area contributed by atoms with Crippen molar-refractivity contribution < 1.29 is 23.4 Å². The van der Waals surface area contributed by atoms with Crippen LogP contribution in [0.3, 0.4) is 0 Å². The highest BCUT2D eigenvalue weighted by Crippen LogP contribution is 2.50. The minimum absolute atomic E-state index is 0.0169. The Bertz CT molecular complexity index is 1290. The average molecular weight is 556 g/mol. The molecule has 1 aliphatic heterocycles. The van der Waals surface area contributed by atoms with E-state index in [-0.39, 0.29) is 23.6 Å². The molecule has 1 unspecified atom stereocenters. The highest BCUT2D eigenvalue weighted by molar-refractivity contribution is 6.32. The number of phenolic OH excluding ortho intramolecular Hbond substituents is 1. The van der Waals surface area contributed by atoms with E-state index >= 15 is 4.39 Å².